The fraction of sp³-hybridized carbons (Fsp3) is 0.318. The summed E-state index contributed by atoms with van der Waals surface area (Å²) in [7, 11) is 0. The lowest BCUT2D eigenvalue weighted by Gasteiger charge is -2.39. The first-order valence-corrected chi connectivity index (χ1v) is 8.74. The zero-order valence-electron chi connectivity index (χ0n) is 13.9. The van der Waals surface area contributed by atoms with Crippen LogP contribution in [0.15, 0.2) is 66.7 Å². The van der Waals surface area contributed by atoms with Crippen LogP contribution in [0.5, 0.6) is 0 Å². The van der Waals surface area contributed by atoms with E-state index in [1.807, 2.05) is 48.5 Å². The van der Waals surface area contributed by atoms with Crippen molar-refractivity contribution in [2.45, 2.75) is 38.0 Å². The number of carboxylic acids is 1. The van der Waals surface area contributed by atoms with Crippen LogP contribution in [0.2, 0.25) is 0 Å². The zero-order chi connectivity index (χ0) is 16.8. The summed E-state index contributed by atoms with van der Waals surface area (Å²) < 4.78 is 0. The van der Waals surface area contributed by atoms with Gasteiger partial charge in [-0.1, -0.05) is 92.1 Å². The van der Waals surface area contributed by atoms with Crippen molar-refractivity contribution in [3.05, 3.63) is 77.9 Å². The summed E-state index contributed by atoms with van der Waals surface area (Å²) >= 11 is 0. The van der Waals surface area contributed by atoms with E-state index >= 15 is 0 Å². The molecule has 1 aliphatic carbocycles. The second-order valence-electron chi connectivity index (χ2n) is 6.68. The molecule has 124 valence electrons. The Morgan fingerprint density at radius 1 is 0.917 bits per heavy atom. The lowest BCUT2D eigenvalue weighted by Crippen LogP contribution is -2.38. The lowest BCUT2D eigenvalue weighted by molar-refractivity contribution is -0.152. The van der Waals surface area contributed by atoms with Crippen LogP contribution in [0, 0.1) is 5.41 Å². The Labute approximate surface area is 143 Å². The number of carboxylic acid groups (broad SMARTS) is 1. The molecule has 0 heterocycles. The largest absolute Gasteiger partial charge is 0.481 e. The van der Waals surface area contributed by atoms with Gasteiger partial charge in [0.25, 0.3) is 0 Å². The van der Waals surface area contributed by atoms with Crippen molar-refractivity contribution in [2.24, 2.45) is 5.41 Å². The summed E-state index contributed by atoms with van der Waals surface area (Å²) in [6.45, 7) is 0. The van der Waals surface area contributed by atoms with Crippen LogP contribution in [0.3, 0.4) is 0 Å². The number of aliphatic carboxylic acids is 1. The second-order valence-corrected chi connectivity index (χ2v) is 6.68. The molecule has 1 saturated carbocycles. The van der Waals surface area contributed by atoms with Crippen LogP contribution in [0.4, 0.5) is 0 Å². The summed E-state index contributed by atoms with van der Waals surface area (Å²) in [5.41, 5.74) is 1.51. The molecule has 0 spiro atoms. The molecule has 0 aromatic heterocycles. The highest BCUT2D eigenvalue weighted by molar-refractivity contribution is 5.77. The highest BCUT2D eigenvalue weighted by Crippen LogP contribution is 2.48. The molecule has 1 fully saturated rings. The topological polar surface area (TPSA) is 37.3 Å². The SMILES string of the molecule is O=C(O)C1([C@H](/C=C/c2ccccc2)c2ccccc2)CCCCC1. The van der Waals surface area contributed by atoms with Gasteiger partial charge in [-0.2, -0.15) is 0 Å². The number of allylic oxidation sites excluding steroid dienone is 1. The maximum absolute atomic E-state index is 12.3. The normalized spacial score (nSPS) is 18.3. The third kappa shape index (κ3) is 3.43. The predicted molar refractivity (Wildman–Crippen MR) is 97.8 cm³/mol. The first-order chi connectivity index (χ1) is 11.7. The lowest BCUT2D eigenvalue weighted by atomic mass is 9.63. The van der Waals surface area contributed by atoms with E-state index in [4.69, 9.17) is 0 Å². The number of benzene rings is 2. The molecule has 0 radical (unpaired) electrons. The summed E-state index contributed by atoms with van der Waals surface area (Å²) in [6, 6.07) is 20.2. The molecule has 0 saturated heterocycles. The molecular weight excluding hydrogens is 296 g/mol. The van der Waals surface area contributed by atoms with E-state index in [9.17, 15) is 9.90 Å². The van der Waals surface area contributed by atoms with E-state index in [0.717, 1.165) is 43.2 Å². The third-order valence-electron chi connectivity index (χ3n) is 5.21. The van der Waals surface area contributed by atoms with Gasteiger partial charge in [0.2, 0.25) is 0 Å². The summed E-state index contributed by atoms with van der Waals surface area (Å²) in [6.07, 6.45) is 8.80. The predicted octanol–water partition coefficient (Wildman–Crippen LogP) is 5.52. The molecule has 2 aromatic rings. The van der Waals surface area contributed by atoms with Gasteiger partial charge in [-0.05, 0) is 24.0 Å². The summed E-state index contributed by atoms with van der Waals surface area (Å²) in [5.74, 6) is -0.759. The quantitative estimate of drug-likeness (QED) is 0.787. The highest BCUT2D eigenvalue weighted by atomic mass is 16.4. The molecule has 2 aromatic carbocycles. The Hall–Kier alpha value is -2.35. The van der Waals surface area contributed by atoms with Crippen molar-refractivity contribution in [3.63, 3.8) is 0 Å². The van der Waals surface area contributed by atoms with Crippen molar-refractivity contribution in [2.75, 3.05) is 0 Å². The fourth-order valence-corrected chi connectivity index (χ4v) is 3.89. The van der Waals surface area contributed by atoms with E-state index < -0.39 is 11.4 Å². The minimum absolute atomic E-state index is 0.100. The van der Waals surface area contributed by atoms with Crippen molar-refractivity contribution in [1.82, 2.24) is 0 Å². The molecule has 2 nitrogen and oxygen atoms in total. The Balaban J connectivity index is 2.01. The third-order valence-corrected chi connectivity index (χ3v) is 5.21. The molecule has 0 amide bonds. The molecule has 1 atom stereocenters. The minimum atomic E-state index is -0.690. The van der Waals surface area contributed by atoms with Gasteiger partial charge in [0.15, 0.2) is 0 Å². The van der Waals surface area contributed by atoms with Crippen molar-refractivity contribution >= 4 is 12.0 Å². The Kier molecular flexibility index (Phi) is 5.14. The van der Waals surface area contributed by atoms with Gasteiger partial charge in [-0.15, -0.1) is 0 Å². The molecule has 2 heteroatoms. The number of rotatable bonds is 5. The molecule has 1 N–H and O–H groups in total. The van der Waals surface area contributed by atoms with E-state index in [2.05, 4.69) is 24.3 Å². The maximum atomic E-state index is 12.3. The average Bonchev–Trinajstić information content (AvgIpc) is 2.64. The van der Waals surface area contributed by atoms with Gasteiger partial charge in [0, 0.05) is 5.92 Å². The monoisotopic (exact) mass is 320 g/mol. The highest BCUT2D eigenvalue weighted by Gasteiger charge is 2.45. The van der Waals surface area contributed by atoms with E-state index in [1.165, 1.54) is 0 Å². The van der Waals surface area contributed by atoms with Crippen LogP contribution < -0.4 is 0 Å². The Morgan fingerprint density at radius 2 is 1.50 bits per heavy atom. The van der Waals surface area contributed by atoms with Gasteiger partial charge in [0.1, 0.15) is 0 Å². The number of hydrogen-bond acceptors (Lipinski definition) is 1. The maximum Gasteiger partial charge on any atom is 0.310 e. The van der Waals surface area contributed by atoms with Gasteiger partial charge >= 0.3 is 5.97 Å². The second kappa shape index (κ2) is 7.48. The Morgan fingerprint density at radius 3 is 2.08 bits per heavy atom. The van der Waals surface area contributed by atoms with E-state index in [0.29, 0.717) is 0 Å². The summed E-state index contributed by atoms with van der Waals surface area (Å²) in [5, 5.41) is 10.1. The molecule has 24 heavy (non-hydrogen) atoms. The van der Waals surface area contributed by atoms with Crippen molar-refractivity contribution in [3.8, 4) is 0 Å². The standard InChI is InChI=1S/C22H24O2/c23-21(24)22(16-8-3-9-17-22)20(19-12-6-2-7-13-19)15-14-18-10-4-1-5-11-18/h1-2,4-7,10-15,20H,3,8-9,16-17H2,(H,23,24)/b15-14+/t20-/m1/s1. The molecule has 0 unspecified atom stereocenters. The van der Waals surface area contributed by atoms with Gasteiger partial charge < -0.3 is 5.11 Å². The average molecular weight is 320 g/mol. The molecule has 0 bridgehead atoms. The molecule has 0 aliphatic heterocycles. The fourth-order valence-electron chi connectivity index (χ4n) is 3.89. The summed E-state index contributed by atoms with van der Waals surface area (Å²) in [4.78, 5) is 12.3. The van der Waals surface area contributed by atoms with Crippen LogP contribution >= 0.6 is 0 Å². The Bertz CT molecular complexity index is 682. The first-order valence-electron chi connectivity index (χ1n) is 8.74. The van der Waals surface area contributed by atoms with E-state index in [1.54, 1.807) is 0 Å². The van der Waals surface area contributed by atoms with E-state index in [-0.39, 0.29) is 5.92 Å². The first kappa shape index (κ1) is 16.5. The molecule has 1 aliphatic rings. The number of carbonyl (C=O) groups is 1. The van der Waals surface area contributed by atoms with Gasteiger partial charge in [0.05, 0.1) is 5.41 Å². The zero-order valence-corrected chi connectivity index (χ0v) is 13.9. The smallest absolute Gasteiger partial charge is 0.310 e. The van der Waals surface area contributed by atoms with Crippen LogP contribution in [-0.4, -0.2) is 11.1 Å². The van der Waals surface area contributed by atoms with Crippen molar-refractivity contribution in [1.29, 1.82) is 0 Å². The molecular formula is C22H24O2. The minimum Gasteiger partial charge on any atom is -0.481 e. The van der Waals surface area contributed by atoms with Crippen LogP contribution in [0.25, 0.3) is 6.08 Å². The van der Waals surface area contributed by atoms with Gasteiger partial charge in [-0.3, -0.25) is 4.79 Å². The van der Waals surface area contributed by atoms with Crippen LogP contribution in [0.1, 0.15) is 49.1 Å². The number of hydrogen-bond donors (Lipinski definition) is 1. The molecule has 3 rings (SSSR count). The van der Waals surface area contributed by atoms with Crippen molar-refractivity contribution < 1.29 is 9.90 Å². The van der Waals surface area contributed by atoms with Gasteiger partial charge in [-0.25, -0.2) is 0 Å². The van der Waals surface area contributed by atoms with Crippen LogP contribution in [-0.2, 0) is 4.79 Å².